The van der Waals surface area contributed by atoms with Crippen LogP contribution in [-0.4, -0.2) is 60.8 Å². The van der Waals surface area contributed by atoms with Crippen LogP contribution in [0.2, 0.25) is 0 Å². The minimum atomic E-state index is -3.18. The number of hydrogen-bond donors (Lipinski definition) is 2. The highest BCUT2D eigenvalue weighted by atomic mass is 32.2. The standard InChI is InChI=1S/C14H25N5O3S/c1-4-18(23(3,21)22)7-5-6-15-14(20)12-9-17-19-10-11(2)8-16-13(12)19/h9,11,16H,4-8,10H2,1-3H3,(H,15,20). The molecule has 0 saturated carbocycles. The van der Waals surface area contributed by atoms with Crippen LogP contribution < -0.4 is 10.6 Å². The molecular formula is C14H25N5O3S. The maximum Gasteiger partial charge on any atom is 0.256 e. The number of carbonyl (C=O) groups excluding carboxylic acids is 1. The van der Waals surface area contributed by atoms with E-state index in [0.29, 0.717) is 37.5 Å². The van der Waals surface area contributed by atoms with E-state index in [9.17, 15) is 13.2 Å². The van der Waals surface area contributed by atoms with Crippen LogP contribution in [-0.2, 0) is 16.6 Å². The third-order valence-corrected chi connectivity index (χ3v) is 5.26. The van der Waals surface area contributed by atoms with Crippen molar-refractivity contribution in [1.29, 1.82) is 0 Å². The molecule has 0 bridgehead atoms. The number of aromatic nitrogens is 2. The average molecular weight is 343 g/mol. The van der Waals surface area contributed by atoms with Gasteiger partial charge in [0.15, 0.2) is 0 Å². The van der Waals surface area contributed by atoms with Crippen LogP contribution in [0.25, 0.3) is 0 Å². The zero-order chi connectivity index (χ0) is 17.0. The van der Waals surface area contributed by atoms with E-state index in [1.165, 1.54) is 10.6 Å². The second-order valence-corrected chi connectivity index (χ2v) is 7.92. The van der Waals surface area contributed by atoms with Crippen LogP contribution in [0.3, 0.4) is 0 Å². The molecule has 0 saturated heterocycles. The lowest BCUT2D eigenvalue weighted by atomic mass is 10.1. The molecule has 2 rings (SSSR count). The highest BCUT2D eigenvalue weighted by molar-refractivity contribution is 7.88. The zero-order valence-corrected chi connectivity index (χ0v) is 14.7. The van der Waals surface area contributed by atoms with Gasteiger partial charge in [0.05, 0.1) is 12.5 Å². The number of nitrogens with one attached hydrogen (secondary N) is 2. The van der Waals surface area contributed by atoms with Gasteiger partial charge >= 0.3 is 0 Å². The van der Waals surface area contributed by atoms with Gasteiger partial charge in [0.25, 0.3) is 5.91 Å². The van der Waals surface area contributed by atoms with Gasteiger partial charge in [-0.25, -0.2) is 17.4 Å². The van der Waals surface area contributed by atoms with Crippen LogP contribution >= 0.6 is 0 Å². The molecule has 0 spiro atoms. The molecule has 1 aromatic rings. The fraction of sp³-hybridized carbons (Fsp3) is 0.714. The summed E-state index contributed by atoms with van der Waals surface area (Å²) in [5.74, 6) is 1.05. The van der Waals surface area contributed by atoms with Gasteiger partial charge in [-0.3, -0.25) is 4.79 Å². The Morgan fingerprint density at radius 3 is 2.96 bits per heavy atom. The second-order valence-electron chi connectivity index (χ2n) is 5.94. The molecule has 1 aromatic heterocycles. The Balaban J connectivity index is 1.84. The van der Waals surface area contributed by atoms with E-state index in [-0.39, 0.29) is 5.91 Å². The van der Waals surface area contributed by atoms with Crippen molar-refractivity contribution in [3.05, 3.63) is 11.8 Å². The normalized spacial score (nSPS) is 17.7. The molecule has 9 heteroatoms. The summed E-state index contributed by atoms with van der Waals surface area (Å²) >= 11 is 0. The van der Waals surface area contributed by atoms with Gasteiger partial charge in [-0.05, 0) is 12.3 Å². The van der Waals surface area contributed by atoms with E-state index in [4.69, 9.17) is 0 Å². The summed E-state index contributed by atoms with van der Waals surface area (Å²) in [4.78, 5) is 12.2. The summed E-state index contributed by atoms with van der Waals surface area (Å²) in [7, 11) is -3.18. The molecule has 2 N–H and O–H groups in total. The number of carbonyl (C=O) groups is 1. The third-order valence-electron chi connectivity index (χ3n) is 3.88. The van der Waals surface area contributed by atoms with Crippen molar-refractivity contribution in [3.63, 3.8) is 0 Å². The zero-order valence-electron chi connectivity index (χ0n) is 13.9. The van der Waals surface area contributed by atoms with E-state index < -0.39 is 10.0 Å². The molecule has 1 amide bonds. The Bertz CT molecular complexity index is 655. The van der Waals surface area contributed by atoms with E-state index in [0.717, 1.165) is 18.9 Å². The Morgan fingerprint density at radius 1 is 1.57 bits per heavy atom. The lowest BCUT2D eigenvalue weighted by molar-refractivity contribution is 0.0953. The summed E-state index contributed by atoms with van der Waals surface area (Å²) in [6, 6.07) is 0. The highest BCUT2D eigenvalue weighted by Crippen LogP contribution is 2.21. The molecule has 0 aromatic carbocycles. The fourth-order valence-corrected chi connectivity index (χ4v) is 3.55. The van der Waals surface area contributed by atoms with Gasteiger partial charge in [0, 0.05) is 32.7 Å². The van der Waals surface area contributed by atoms with E-state index in [1.54, 1.807) is 13.1 Å². The van der Waals surface area contributed by atoms with Crippen LogP contribution in [0.5, 0.6) is 0 Å². The van der Waals surface area contributed by atoms with Gasteiger partial charge in [-0.2, -0.15) is 5.10 Å². The Hall–Kier alpha value is -1.61. The van der Waals surface area contributed by atoms with Crippen molar-refractivity contribution in [1.82, 2.24) is 19.4 Å². The molecule has 1 aliphatic rings. The maximum atomic E-state index is 12.2. The molecule has 1 aliphatic heterocycles. The maximum absolute atomic E-state index is 12.2. The summed E-state index contributed by atoms with van der Waals surface area (Å²) in [5.41, 5.74) is 0.535. The fourth-order valence-electron chi connectivity index (χ4n) is 2.62. The molecule has 8 nitrogen and oxygen atoms in total. The molecule has 0 fully saturated rings. The minimum absolute atomic E-state index is 0.185. The molecule has 23 heavy (non-hydrogen) atoms. The Kier molecular flexibility index (Phi) is 5.64. The first-order valence-electron chi connectivity index (χ1n) is 7.86. The molecule has 0 aliphatic carbocycles. The number of sulfonamides is 1. The number of nitrogens with zero attached hydrogens (tertiary/aromatic N) is 3. The van der Waals surface area contributed by atoms with Gasteiger partial charge in [-0.1, -0.05) is 13.8 Å². The minimum Gasteiger partial charge on any atom is -0.369 e. The predicted octanol–water partition coefficient (Wildman–Crippen LogP) is 0.346. The number of fused-ring (bicyclic) bond motifs is 1. The van der Waals surface area contributed by atoms with Crippen molar-refractivity contribution >= 4 is 21.7 Å². The quantitative estimate of drug-likeness (QED) is 0.696. The smallest absolute Gasteiger partial charge is 0.256 e. The average Bonchev–Trinajstić information content (AvgIpc) is 2.88. The number of anilines is 1. The Morgan fingerprint density at radius 2 is 2.30 bits per heavy atom. The summed E-state index contributed by atoms with van der Waals surface area (Å²) < 4.78 is 26.2. The molecule has 1 atom stereocenters. The largest absolute Gasteiger partial charge is 0.369 e. The van der Waals surface area contributed by atoms with Crippen LogP contribution in [0.1, 0.15) is 30.6 Å². The molecule has 0 radical (unpaired) electrons. The highest BCUT2D eigenvalue weighted by Gasteiger charge is 2.22. The molecule has 2 heterocycles. The van der Waals surface area contributed by atoms with Gasteiger partial charge in [-0.15, -0.1) is 0 Å². The summed E-state index contributed by atoms with van der Waals surface area (Å²) in [5, 5.41) is 10.3. The van der Waals surface area contributed by atoms with Crippen molar-refractivity contribution in [3.8, 4) is 0 Å². The topological polar surface area (TPSA) is 96.3 Å². The van der Waals surface area contributed by atoms with E-state index in [2.05, 4.69) is 22.7 Å². The molecule has 1 unspecified atom stereocenters. The summed E-state index contributed by atoms with van der Waals surface area (Å²) in [6.45, 7) is 6.81. The van der Waals surface area contributed by atoms with Crippen molar-refractivity contribution in [2.24, 2.45) is 5.92 Å². The first kappa shape index (κ1) is 17.7. The predicted molar refractivity (Wildman–Crippen MR) is 88.9 cm³/mol. The van der Waals surface area contributed by atoms with Crippen LogP contribution in [0, 0.1) is 5.92 Å². The molecule has 130 valence electrons. The number of amides is 1. The van der Waals surface area contributed by atoms with Gasteiger partial charge in [0.1, 0.15) is 11.4 Å². The Labute approximate surface area is 137 Å². The van der Waals surface area contributed by atoms with Crippen LogP contribution in [0.15, 0.2) is 6.20 Å². The van der Waals surface area contributed by atoms with E-state index >= 15 is 0 Å². The van der Waals surface area contributed by atoms with Crippen molar-refractivity contribution in [2.75, 3.05) is 37.8 Å². The van der Waals surface area contributed by atoms with Crippen LogP contribution in [0.4, 0.5) is 5.82 Å². The van der Waals surface area contributed by atoms with Gasteiger partial charge < -0.3 is 10.6 Å². The SMILES string of the molecule is CCN(CCCNC(=O)c1cnn2c1NCC(C)C2)S(C)(=O)=O. The number of rotatable bonds is 7. The first-order chi connectivity index (χ1) is 10.8. The monoisotopic (exact) mass is 343 g/mol. The second kappa shape index (κ2) is 7.31. The van der Waals surface area contributed by atoms with Crippen molar-refractivity contribution < 1.29 is 13.2 Å². The van der Waals surface area contributed by atoms with Gasteiger partial charge in [0.2, 0.25) is 10.0 Å². The van der Waals surface area contributed by atoms with Crippen molar-refractivity contribution in [2.45, 2.75) is 26.8 Å². The molecular weight excluding hydrogens is 318 g/mol. The third kappa shape index (κ3) is 4.44. The lowest BCUT2D eigenvalue weighted by Gasteiger charge is -2.22. The van der Waals surface area contributed by atoms with E-state index in [1.807, 2.05) is 4.68 Å². The first-order valence-corrected chi connectivity index (χ1v) is 9.70. The summed E-state index contributed by atoms with van der Waals surface area (Å²) in [6.07, 6.45) is 3.34. The number of hydrogen-bond acceptors (Lipinski definition) is 5. The lowest BCUT2D eigenvalue weighted by Crippen LogP contribution is -2.34.